The Bertz CT molecular complexity index is 1200. The Morgan fingerprint density at radius 1 is 1.34 bits per heavy atom. The summed E-state index contributed by atoms with van der Waals surface area (Å²) in [5, 5.41) is 9.06. The van der Waals surface area contributed by atoms with Crippen LogP contribution in [0.3, 0.4) is 0 Å². The number of benzene rings is 1. The van der Waals surface area contributed by atoms with Crippen LogP contribution in [0.25, 0.3) is 17.1 Å². The number of hydrogen-bond donors (Lipinski definition) is 1. The zero-order chi connectivity index (χ0) is 22.8. The van der Waals surface area contributed by atoms with Crippen molar-refractivity contribution >= 4 is 5.91 Å². The standard InChI is InChI=1S/C23H23FN6O2/c1-14-21(23(31)29-9-3-4-17(26)13-29)28-22(15-5-6-16(11-25)19(24)10-15)30(14)18-7-8-20(32-2)27-12-18/h5-8,10,12,17H,3-4,9,13,26H2,1-2H3/t17-/m1/s1. The Hall–Kier alpha value is -3.77. The Balaban J connectivity index is 1.85. The van der Waals surface area contributed by atoms with Crippen LogP contribution < -0.4 is 10.5 Å². The molecular formula is C23H23FN6O2. The van der Waals surface area contributed by atoms with Gasteiger partial charge in [-0.3, -0.25) is 9.36 Å². The van der Waals surface area contributed by atoms with Crippen molar-refractivity contribution in [2.75, 3.05) is 20.2 Å². The quantitative estimate of drug-likeness (QED) is 0.676. The number of amides is 1. The van der Waals surface area contributed by atoms with Crippen molar-refractivity contribution < 1.29 is 13.9 Å². The Morgan fingerprint density at radius 3 is 2.78 bits per heavy atom. The van der Waals surface area contributed by atoms with Crippen LogP contribution in [0.4, 0.5) is 4.39 Å². The number of halogens is 1. The summed E-state index contributed by atoms with van der Waals surface area (Å²) in [7, 11) is 1.52. The molecule has 2 aromatic heterocycles. The number of rotatable bonds is 4. The minimum Gasteiger partial charge on any atom is -0.481 e. The number of hydrogen-bond acceptors (Lipinski definition) is 6. The van der Waals surface area contributed by atoms with E-state index in [4.69, 9.17) is 15.7 Å². The largest absolute Gasteiger partial charge is 0.481 e. The van der Waals surface area contributed by atoms with Gasteiger partial charge in [-0.05, 0) is 44.0 Å². The molecule has 0 saturated carbocycles. The third kappa shape index (κ3) is 3.92. The summed E-state index contributed by atoms with van der Waals surface area (Å²) in [5.74, 6) is -0.0493. The van der Waals surface area contributed by atoms with Gasteiger partial charge in [0.25, 0.3) is 5.91 Å². The monoisotopic (exact) mass is 434 g/mol. The van der Waals surface area contributed by atoms with Crippen LogP contribution in [0.2, 0.25) is 0 Å². The average Bonchev–Trinajstić information content (AvgIpc) is 3.15. The fourth-order valence-corrected chi connectivity index (χ4v) is 3.93. The Morgan fingerprint density at radius 2 is 2.16 bits per heavy atom. The zero-order valence-electron chi connectivity index (χ0n) is 17.9. The molecule has 3 heterocycles. The highest BCUT2D eigenvalue weighted by Gasteiger charge is 2.28. The molecule has 9 heteroatoms. The Kier molecular flexibility index (Phi) is 5.88. The van der Waals surface area contributed by atoms with E-state index in [9.17, 15) is 9.18 Å². The van der Waals surface area contributed by atoms with E-state index in [-0.39, 0.29) is 23.2 Å². The van der Waals surface area contributed by atoms with E-state index in [0.29, 0.717) is 41.7 Å². The van der Waals surface area contributed by atoms with Crippen LogP contribution in [-0.4, -0.2) is 51.6 Å². The van der Waals surface area contributed by atoms with E-state index in [1.165, 1.54) is 19.2 Å². The first-order chi connectivity index (χ1) is 15.4. The minimum absolute atomic E-state index is 0.0618. The summed E-state index contributed by atoms with van der Waals surface area (Å²) in [6.45, 7) is 2.87. The molecule has 1 aliphatic rings. The molecule has 0 bridgehead atoms. The number of nitrogens with zero attached hydrogens (tertiary/aromatic N) is 5. The van der Waals surface area contributed by atoms with Crippen molar-refractivity contribution in [3.05, 3.63) is 59.3 Å². The Labute approximate surface area is 185 Å². The first kappa shape index (κ1) is 21.5. The molecule has 1 saturated heterocycles. The van der Waals surface area contributed by atoms with Crippen molar-refractivity contribution in [3.63, 3.8) is 0 Å². The van der Waals surface area contributed by atoms with Crippen LogP contribution in [-0.2, 0) is 0 Å². The molecule has 0 spiro atoms. The van der Waals surface area contributed by atoms with Gasteiger partial charge >= 0.3 is 0 Å². The number of carbonyl (C=O) groups is 1. The second-order valence-electron chi connectivity index (χ2n) is 7.72. The highest BCUT2D eigenvalue weighted by molar-refractivity contribution is 5.94. The van der Waals surface area contributed by atoms with Crippen LogP contribution in [0.1, 0.15) is 34.6 Å². The van der Waals surface area contributed by atoms with Gasteiger partial charge in [-0.25, -0.2) is 14.4 Å². The molecule has 0 unspecified atom stereocenters. The number of likely N-dealkylation sites (tertiary alicyclic amines) is 1. The highest BCUT2D eigenvalue weighted by atomic mass is 19.1. The minimum atomic E-state index is -0.653. The van der Waals surface area contributed by atoms with Crippen LogP contribution in [0.15, 0.2) is 36.5 Å². The second-order valence-corrected chi connectivity index (χ2v) is 7.72. The number of ether oxygens (including phenoxy) is 1. The molecule has 1 aromatic carbocycles. The van der Waals surface area contributed by atoms with Crippen molar-refractivity contribution in [3.8, 4) is 29.0 Å². The van der Waals surface area contributed by atoms with Crippen molar-refractivity contribution in [2.24, 2.45) is 5.73 Å². The molecule has 0 aliphatic carbocycles. The lowest BCUT2D eigenvalue weighted by Crippen LogP contribution is -2.46. The molecule has 1 amide bonds. The topological polar surface area (TPSA) is 110 Å². The zero-order valence-corrected chi connectivity index (χ0v) is 17.9. The van der Waals surface area contributed by atoms with Gasteiger partial charge in [0.15, 0.2) is 0 Å². The van der Waals surface area contributed by atoms with Crippen LogP contribution in [0, 0.1) is 24.1 Å². The second kappa shape index (κ2) is 8.77. The molecule has 3 aromatic rings. The molecule has 164 valence electrons. The smallest absolute Gasteiger partial charge is 0.274 e. The maximum atomic E-state index is 14.4. The lowest BCUT2D eigenvalue weighted by atomic mass is 10.1. The molecule has 2 N–H and O–H groups in total. The van der Waals surface area contributed by atoms with Gasteiger partial charge in [-0.2, -0.15) is 5.26 Å². The van der Waals surface area contributed by atoms with Gasteiger partial charge in [0.05, 0.1) is 30.3 Å². The van der Waals surface area contributed by atoms with Gasteiger partial charge in [0, 0.05) is 30.8 Å². The highest BCUT2D eigenvalue weighted by Crippen LogP contribution is 2.29. The third-order valence-electron chi connectivity index (χ3n) is 5.59. The third-order valence-corrected chi connectivity index (χ3v) is 5.59. The predicted octanol–water partition coefficient (Wildman–Crippen LogP) is 2.83. The average molecular weight is 434 g/mol. The van der Waals surface area contributed by atoms with E-state index < -0.39 is 5.82 Å². The summed E-state index contributed by atoms with van der Waals surface area (Å²) in [6, 6.07) is 9.50. The fourth-order valence-electron chi connectivity index (χ4n) is 3.93. The fraction of sp³-hybridized carbons (Fsp3) is 0.304. The van der Waals surface area contributed by atoms with E-state index in [1.807, 2.05) is 6.07 Å². The first-order valence-corrected chi connectivity index (χ1v) is 10.3. The maximum Gasteiger partial charge on any atom is 0.274 e. The first-order valence-electron chi connectivity index (χ1n) is 10.3. The van der Waals surface area contributed by atoms with Gasteiger partial charge in [-0.1, -0.05) is 0 Å². The maximum absolute atomic E-state index is 14.4. The summed E-state index contributed by atoms with van der Waals surface area (Å²) in [6.07, 6.45) is 3.31. The van der Waals surface area contributed by atoms with Crippen molar-refractivity contribution in [1.82, 2.24) is 19.4 Å². The lowest BCUT2D eigenvalue weighted by Gasteiger charge is -2.30. The molecule has 4 rings (SSSR count). The summed E-state index contributed by atoms with van der Waals surface area (Å²) < 4.78 is 21.3. The molecule has 0 radical (unpaired) electrons. The van der Waals surface area contributed by atoms with Gasteiger partial charge in [0.1, 0.15) is 23.4 Å². The number of imidazole rings is 1. The van der Waals surface area contributed by atoms with Crippen molar-refractivity contribution in [1.29, 1.82) is 5.26 Å². The van der Waals surface area contributed by atoms with Crippen molar-refractivity contribution in [2.45, 2.75) is 25.8 Å². The normalized spacial score (nSPS) is 16.0. The SMILES string of the molecule is COc1ccc(-n2c(-c3ccc(C#N)c(F)c3)nc(C(=O)N3CCC[C@@H](N)C3)c2C)cn1. The van der Waals surface area contributed by atoms with E-state index in [0.717, 1.165) is 12.8 Å². The molecule has 8 nitrogen and oxygen atoms in total. The lowest BCUT2D eigenvalue weighted by molar-refractivity contribution is 0.0702. The molecular weight excluding hydrogens is 411 g/mol. The van der Waals surface area contributed by atoms with E-state index >= 15 is 0 Å². The number of nitriles is 1. The van der Waals surface area contributed by atoms with Crippen LogP contribution >= 0.6 is 0 Å². The molecule has 1 atom stereocenters. The molecule has 1 fully saturated rings. The van der Waals surface area contributed by atoms with E-state index in [2.05, 4.69) is 9.97 Å². The molecule has 32 heavy (non-hydrogen) atoms. The summed E-state index contributed by atoms with van der Waals surface area (Å²) in [4.78, 5) is 23.9. The summed E-state index contributed by atoms with van der Waals surface area (Å²) in [5.41, 5.74) is 7.95. The number of methoxy groups -OCH3 is 1. The summed E-state index contributed by atoms with van der Waals surface area (Å²) >= 11 is 0. The number of piperidine rings is 1. The van der Waals surface area contributed by atoms with Gasteiger partial charge in [-0.15, -0.1) is 0 Å². The number of aromatic nitrogens is 3. The number of nitrogens with two attached hydrogens (primary N) is 1. The molecule has 1 aliphatic heterocycles. The van der Waals surface area contributed by atoms with Gasteiger partial charge in [0.2, 0.25) is 5.88 Å². The van der Waals surface area contributed by atoms with Gasteiger partial charge < -0.3 is 15.4 Å². The predicted molar refractivity (Wildman–Crippen MR) is 116 cm³/mol. The van der Waals surface area contributed by atoms with E-state index in [1.54, 1.807) is 40.8 Å². The van der Waals surface area contributed by atoms with Crippen LogP contribution in [0.5, 0.6) is 5.88 Å². The number of carbonyl (C=O) groups excluding carboxylic acids is 1. The number of pyridine rings is 1.